The van der Waals surface area contributed by atoms with Crippen LogP contribution in [0.1, 0.15) is 74.6 Å². The van der Waals surface area contributed by atoms with Crippen LogP contribution in [0.15, 0.2) is 24.3 Å². The molecule has 0 aromatic heterocycles. The third-order valence-electron chi connectivity index (χ3n) is 8.17. The molecule has 5 fully saturated rings. The lowest BCUT2D eigenvalue weighted by molar-refractivity contribution is -0.262. The number of nitrogens with one attached hydrogen (secondary N) is 2. The molecule has 2 aliphatic carbocycles. The number of benzene rings is 1. The van der Waals surface area contributed by atoms with E-state index in [1.807, 2.05) is 0 Å². The fourth-order valence-electron chi connectivity index (χ4n) is 6.30. The minimum Gasteiger partial charge on any atom is -0.363 e. The Balaban J connectivity index is 1.09. The maximum Gasteiger partial charge on any atom is 0.269 e. The van der Waals surface area contributed by atoms with E-state index in [0.29, 0.717) is 6.61 Å². The summed E-state index contributed by atoms with van der Waals surface area (Å²) in [6.07, 6.45) is 7.05. The Labute approximate surface area is 220 Å². The van der Waals surface area contributed by atoms with Gasteiger partial charge in [0.25, 0.3) is 11.8 Å². The third kappa shape index (κ3) is 5.32. The van der Waals surface area contributed by atoms with E-state index in [1.165, 1.54) is 24.6 Å². The summed E-state index contributed by atoms with van der Waals surface area (Å²) in [5.74, 6) is -3.02. The quantitative estimate of drug-likeness (QED) is 0.555. The van der Waals surface area contributed by atoms with E-state index in [1.54, 1.807) is 0 Å². The molecule has 2 saturated carbocycles. The summed E-state index contributed by atoms with van der Waals surface area (Å²) in [4.78, 5) is 24.8. The molecule has 1 aromatic rings. The molecule has 1 aromatic carbocycles. The number of fused-ring (bicyclic) bond motifs is 1. The highest BCUT2D eigenvalue weighted by Gasteiger charge is 2.61. The molecule has 6 rings (SSSR count). The van der Waals surface area contributed by atoms with Gasteiger partial charge in [0.2, 0.25) is 0 Å². The average Bonchev–Trinajstić information content (AvgIpc) is 3.58. The number of hydrogen-bond acceptors (Lipinski definition) is 8. The van der Waals surface area contributed by atoms with Gasteiger partial charge in [0, 0.05) is 31.2 Å². The van der Waals surface area contributed by atoms with Gasteiger partial charge in [0.15, 0.2) is 17.9 Å². The molecule has 208 valence electrons. The summed E-state index contributed by atoms with van der Waals surface area (Å²) in [6, 6.07) is 5.18. The van der Waals surface area contributed by atoms with Crippen LogP contribution in [-0.4, -0.2) is 67.3 Å². The molecule has 5 atom stereocenters. The van der Waals surface area contributed by atoms with Crippen molar-refractivity contribution in [3.05, 3.63) is 35.6 Å². The fraction of sp³-hybridized carbons (Fsp3) is 0.704. The van der Waals surface area contributed by atoms with Gasteiger partial charge in [-0.1, -0.05) is 18.9 Å². The predicted octanol–water partition coefficient (Wildman–Crippen LogP) is 2.85. The van der Waals surface area contributed by atoms with Crippen molar-refractivity contribution in [2.75, 3.05) is 13.2 Å². The minimum absolute atomic E-state index is 0.0858. The van der Waals surface area contributed by atoms with Crippen LogP contribution >= 0.6 is 0 Å². The van der Waals surface area contributed by atoms with E-state index in [4.69, 9.17) is 28.4 Å². The van der Waals surface area contributed by atoms with Gasteiger partial charge in [-0.15, -0.1) is 0 Å². The molecule has 3 heterocycles. The van der Waals surface area contributed by atoms with Crippen LogP contribution in [0.4, 0.5) is 4.39 Å². The summed E-state index contributed by atoms with van der Waals surface area (Å²) in [7, 11) is 0. The predicted molar refractivity (Wildman–Crippen MR) is 129 cm³/mol. The van der Waals surface area contributed by atoms with E-state index in [0.717, 1.165) is 63.9 Å². The number of rotatable bonds is 5. The summed E-state index contributed by atoms with van der Waals surface area (Å²) >= 11 is 0. The maximum absolute atomic E-state index is 13.4. The fourth-order valence-corrected chi connectivity index (χ4v) is 6.30. The zero-order chi connectivity index (χ0) is 26.2. The maximum atomic E-state index is 13.4. The summed E-state index contributed by atoms with van der Waals surface area (Å²) in [6.45, 7) is 0.0112. The highest BCUT2D eigenvalue weighted by Crippen LogP contribution is 2.48. The number of ether oxygens (including phenoxy) is 6. The van der Waals surface area contributed by atoms with Gasteiger partial charge in [0.05, 0.1) is 6.61 Å². The van der Waals surface area contributed by atoms with Crippen molar-refractivity contribution >= 4 is 11.8 Å². The highest BCUT2D eigenvalue weighted by molar-refractivity contribution is 5.95. The van der Waals surface area contributed by atoms with E-state index in [2.05, 4.69) is 10.9 Å². The van der Waals surface area contributed by atoms with Crippen molar-refractivity contribution in [2.45, 2.75) is 106 Å². The number of hydrogen-bond donors (Lipinski definition) is 2. The summed E-state index contributed by atoms with van der Waals surface area (Å²) < 4.78 is 51.1. The SMILES string of the molecule is O=C(CO[C@H]1[C@@H]2OC3(CCCCC3)O[C@H]2O[C@H]1[C@@H]1COC2(CCCCC2)O1)NNC(=O)c1cccc(F)c1. The first-order valence-electron chi connectivity index (χ1n) is 13.7. The first-order chi connectivity index (χ1) is 18.4. The molecule has 0 radical (unpaired) electrons. The lowest BCUT2D eigenvalue weighted by Gasteiger charge is -2.35. The molecule has 2 amide bonds. The Morgan fingerprint density at radius 3 is 2.39 bits per heavy atom. The molecular weight excluding hydrogens is 499 g/mol. The van der Waals surface area contributed by atoms with Gasteiger partial charge in [0.1, 0.15) is 36.8 Å². The van der Waals surface area contributed by atoms with Gasteiger partial charge in [-0.25, -0.2) is 4.39 Å². The Kier molecular flexibility index (Phi) is 7.41. The second-order valence-corrected chi connectivity index (χ2v) is 10.9. The van der Waals surface area contributed by atoms with Crippen molar-refractivity contribution in [1.29, 1.82) is 0 Å². The summed E-state index contributed by atoms with van der Waals surface area (Å²) in [5, 5.41) is 0. The van der Waals surface area contributed by atoms with Crippen molar-refractivity contribution < 1.29 is 42.4 Å². The number of carbonyl (C=O) groups excluding carboxylic acids is 2. The molecule has 38 heavy (non-hydrogen) atoms. The normalized spacial score (nSPS) is 33.3. The zero-order valence-electron chi connectivity index (χ0n) is 21.3. The first kappa shape index (κ1) is 26.1. The van der Waals surface area contributed by atoms with Gasteiger partial charge in [-0.05, 0) is 43.9 Å². The lowest BCUT2D eigenvalue weighted by atomic mass is 9.94. The van der Waals surface area contributed by atoms with Crippen LogP contribution in [0.3, 0.4) is 0 Å². The monoisotopic (exact) mass is 534 g/mol. The zero-order valence-corrected chi connectivity index (χ0v) is 21.3. The molecular formula is C27H35FN2O8. The Hall–Kier alpha value is -2.15. The molecule has 0 bridgehead atoms. The van der Waals surface area contributed by atoms with Gasteiger partial charge >= 0.3 is 0 Å². The van der Waals surface area contributed by atoms with Crippen LogP contribution in [0.25, 0.3) is 0 Å². The lowest BCUT2D eigenvalue weighted by Crippen LogP contribution is -2.48. The number of halogens is 1. The van der Waals surface area contributed by atoms with E-state index >= 15 is 0 Å². The van der Waals surface area contributed by atoms with E-state index in [9.17, 15) is 14.0 Å². The second-order valence-electron chi connectivity index (χ2n) is 10.9. The van der Waals surface area contributed by atoms with E-state index < -0.39 is 53.8 Å². The Morgan fingerprint density at radius 1 is 0.921 bits per heavy atom. The van der Waals surface area contributed by atoms with Crippen LogP contribution < -0.4 is 10.9 Å². The molecule has 3 saturated heterocycles. The van der Waals surface area contributed by atoms with E-state index in [-0.39, 0.29) is 18.3 Å². The first-order valence-corrected chi connectivity index (χ1v) is 13.7. The van der Waals surface area contributed by atoms with Crippen molar-refractivity contribution in [1.82, 2.24) is 10.9 Å². The number of carbonyl (C=O) groups is 2. The second kappa shape index (κ2) is 10.8. The Morgan fingerprint density at radius 2 is 1.66 bits per heavy atom. The van der Waals surface area contributed by atoms with Gasteiger partial charge in [-0.2, -0.15) is 0 Å². The number of amides is 2. The average molecular weight is 535 g/mol. The molecule has 3 aliphatic heterocycles. The Bertz CT molecular complexity index is 1030. The minimum atomic E-state index is -0.682. The number of hydrazine groups is 1. The highest BCUT2D eigenvalue weighted by atomic mass is 19.1. The molecule has 10 nitrogen and oxygen atoms in total. The molecule has 5 aliphatic rings. The van der Waals surface area contributed by atoms with Crippen LogP contribution in [-0.2, 0) is 33.2 Å². The topological polar surface area (TPSA) is 114 Å². The smallest absolute Gasteiger partial charge is 0.269 e. The van der Waals surface area contributed by atoms with Crippen molar-refractivity contribution in [3.63, 3.8) is 0 Å². The van der Waals surface area contributed by atoms with Crippen LogP contribution in [0.5, 0.6) is 0 Å². The summed E-state index contributed by atoms with van der Waals surface area (Å²) in [5.41, 5.74) is 4.69. The third-order valence-corrected chi connectivity index (χ3v) is 8.17. The van der Waals surface area contributed by atoms with Crippen LogP contribution in [0, 0.1) is 5.82 Å². The molecule has 11 heteroatoms. The van der Waals surface area contributed by atoms with Crippen molar-refractivity contribution in [2.24, 2.45) is 0 Å². The molecule has 0 unspecified atom stereocenters. The molecule has 2 spiro atoms. The molecule has 2 N–H and O–H groups in total. The van der Waals surface area contributed by atoms with Gasteiger partial charge < -0.3 is 28.4 Å². The largest absolute Gasteiger partial charge is 0.363 e. The van der Waals surface area contributed by atoms with Crippen molar-refractivity contribution in [3.8, 4) is 0 Å². The van der Waals surface area contributed by atoms with Gasteiger partial charge in [-0.3, -0.25) is 20.4 Å². The van der Waals surface area contributed by atoms with Crippen LogP contribution in [0.2, 0.25) is 0 Å². The standard InChI is InChI=1S/C27H35FN2O8/c28-18-9-7-8-17(14-18)24(32)30-29-20(31)16-33-22-21(19-15-34-26(36-19)10-3-1-4-11-26)35-25-23(22)37-27(38-25)12-5-2-6-13-27/h7-9,14,19,21-23,25H,1-6,10-13,15-16H2,(H,29,31)(H,30,32)/t19-,21-,22+,23-,25+/m0/s1.